The van der Waals surface area contributed by atoms with Gasteiger partial charge in [-0.1, -0.05) is 29.8 Å². The van der Waals surface area contributed by atoms with Gasteiger partial charge in [-0.2, -0.15) is 0 Å². The molecule has 1 saturated heterocycles. The van der Waals surface area contributed by atoms with Gasteiger partial charge in [0.05, 0.1) is 5.60 Å². The van der Waals surface area contributed by atoms with E-state index < -0.39 is 11.7 Å². The molecule has 0 aromatic heterocycles. The molecule has 0 radical (unpaired) electrons. The molecule has 2 rings (SSSR count). The number of amides is 1. The molecule has 18 heavy (non-hydrogen) atoms. The lowest BCUT2D eigenvalue weighted by Gasteiger charge is -2.40. The molecular weight excluding hydrogens is 254 g/mol. The minimum absolute atomic E-state index is 0.467. The van der Waals surface area contributed by atoms with Gasteiger partial charge in [-0.3, -0.25) is 0 Å². The van der Waals surface area contributed by atoms with Crippen molar-refractivity contribution in [1.82, 2.24) is 4.90 Å². The zero-order chi connectivity index (χ0) is 13.2. The highest BCUT2D eigenvalue weighted by atomic mass is 35.5. The third-order valence-corrected chi connectivity index (χ3v) is 3.93. The molecule has 0 aliphatic carbocycles. The molecule has 0 spiro atoms. The third-order valence-electron chi connectivity index (χ3n) is 3.60. The highest BCUT2D eigenvalue weighted by Crippen LogP contribution is 2.39. The maximum atomic E-state index is 10.9. The van der Waals surface area contributed by atoms with Crippen LogP contribution < -0.4 is 0 Å². The second kappa shape index (κ2) is 5.16. The maximum absolute atomic E-state index is 10.9. The summed E-state index contributed by atoms with van der Waals surface area (Å²) in [5.41, 5.74) is 0.476. The first-order chi connectivity index (χ1) is 8.59. The number of likely N-dealkylation sites (tertiary alicyclic amines) is 1. The topological polar surface area (TPSA) is 49.8 Å². The van der Waals surface area contributed by atoms with Gasteiger partial charge in [0.2, 0.25) is 0 Å². The van der Waals surface area contributed by atoms with Gasteiger partial charge < -0.3 is 14.7 Å². The van der Waals surface area contributed by atoms with Crippen LogP contribution in [0, 0.1) is 0 Å². The molecule has 1 amide bonds. The van der Waals surface area contributed by atoms with Crippen molar-refractivity contribution < 1.29 is 14.6 Å². The summed E-state index contributed by atoms with van der Waals surface area (Å²) in [7, 11) is 1.65. The molecule has 0 saturated carbocycles. The summed E-state index contributed by atoms with van der Waals surface area (Å²) in [5, 5.41) is 9.63. The first-order valence-electron chi connectivity index (χ1n) is 5.87. The number of hydrogen-bond donors (Lipinski definition) is 1. The van der Waals surface area contributed by atoms with Crippen LogP contribution in [0.3, 0.4) is 0 Å². The summed E-state index contributed by atoms with van der Waals surface area (Å²) in [6.07, 6.45) is 0.373. The Hall–Kier alpha value is -1.26. The summed E-state index contributed by atoms with van der Waals surface area (Å²) < 4.78 is 5.67. The molecule has 0 unspecified atom stereocenters. The fourth-order valence-electron chi connectivity index (χ4n) is 2.47. The molecule has 1 aliphatic rings. The van der Waals surface area contributed by atoms with Gasteiger partial charge in [0.15, 0.2) is 0 Å². The number of hydrogen-bond acceptors (Lipinski definition) is 2. The summed E-state index contributed by atoms with van der Waals surface area (Å²) >= 11 is 6.21. The Labute approximate surface area is 111 Å². The minimum atomic E-state index is -0.876. The van der Waals surface area contributed by atoms with Crippen LogP contribution in [0.15, 0.2) is 24.3 Å². The van der Waals surface area contributed by atoms with Crippen LogP contribution >= 0.6 is 11.6 Å². The normalized spacial score (nSPS) is 18.7. The molecule has 1 fully saturated rings. The van der Waals surface area contributed by atoms with Gasteiger partial charge in [0.1, 0.15) is 0 Å². The molecule has 1 heterocycles. The largest absolute Gasteiger partial charge is 0.465 e. The summed E-state index contributed by atoms with van der Waals surface area (Å²) in [5.74, 6) is 0. The number of halogens is 1. The zero-order valence-electron chi connectivity index (χ0n) is 10.2. The average molecular weight is 270 g/mol. The lowest BCUT2D eigenvalue weighted by molar-refractivity contribution is -0.0582. The van der Waals surface area contributed by atoms with Crippen LogP contribution in [-0.4, -0.2) is 36.3 Å². The van der Waals surface area contributed by atoms with Gasteiger partial charge >= 0.3 is 6.09 Å². The van der Waals surface area contributed by atoms with E-state index in [0.29, 0.717) is 31.0 Å². The number of piperidine rings is 1. The number of carbonyl (C=O) groups is 1. The molecule has 4 nitrogen and oxygen atoms in total. The molecule has 0 atom stereocenters. The van der Waals surface area contributed by atoms with E-state index in [9.17, 15) is 4.79 Å². The Bertz CT molecular complexity index is 442. The molecule has 1 aliphatic heterocycles. The number of benzene rings is 1. The van der Waals surface area contributed by atoms with E-state index in [-0.39, 0.29) is 0 Å². The van der Waals surface area contributed by atoms with Crippen LogP contribution in [0.25, 0.3) is 0 Å². The molecule has 98 valence electrons. The van der Waals surface area contributed by atoms with Crippen LogP contribution in [0.2, 0.25) is 5.02 Å². The van der Waals surface area contributed by atoms with Gasteiger partial charge in [-0.05, 0) is 18.9 Å². The summed E-state index contributed by atoms with van der Waals surface area (Å²) in [6.45, 7) is 0.933. The Balaban J connectivity index is 2.24. The van der Waals surface area contributed by atoms with Crippen molar-refractivity contribution in [2.45, 2.75) is 18.4 Å². The molecule has 1 N–H and O–H groups in total. The molecular formula is C13H16ClNO3. The van der Waals surface area contributed by atoms with Crippen LogP contribution in [-0.2, 0) is 10.3 Å². The number of carboxylic acid groups (broad SMARTS) is 1. The van der Waals surface area contributed by atoms with E-state index in [0.717, 1.165) is 5.56 Å². The van der Waals surface area contributed by atoms with Crippen molar-refractivity contribution >= 4 is 17.7 Å². The number of nitrogens with zero attached hydrogens (tertiary/aromatic N) is 1. The summed E-state index contributed by atoms with van der Waals surface area (Å²) in [4.78, 5) is 12.3. The van der Waals surface area contributed by atoms with E-state index in [4.69, 9.17) is 21.4 Å². The van der Waals surface area contributed by atoms with Crippen molar-refractivity contribution in [1.29, 1.82) is 0 Å². The Morgan fingerprint density at radius 3 is 2.50 bits per heavy atom. The van der Waals surface area contributed by atoms with Crippen molar-refractivity contribution in [3.05, 3.63) is 34.9 Å². The zero-order valence-corrected chi connectivity index (χ0v) is 11.0. The first-order valence-corrected chi connectivity index (χ1v) is 6.25. The predicted octanol–water partition coefficient (Wildman–Crippen LogP) is 2.96. The van der Waals surface area contributed by atoms with Crippen LogP contribution in [0.1, 0.15) is 18.4 Å². The number of ether oxygens (including phenoxy) is 1. The van der Waals surface area contributed by atoms with E-state index >= 15 is 0 Å². The average Bonchev–Trinajstić information content (AvgIpc) is 2.39. The second-order valence-corrected chi connectivity index (χ2v) is 4.86. The highest BCUT2D eigenvalue weighted by Gasteiger charge is 2.38. The van der Waals surface area contributed by atoms with Gasteiger partial charge in [0.25, 0.3) is 0 Å². The van der Waals surface area contributed by atoms with Crippen molar-refractivity contribution in [3.63, 3.8) is 0 Å². The quantitative estimate of drug-likeness (QED) is 0.898. The molecule has 1 aromatic rings. The minimum Gasteiger partial charge on any atom is -0.465 e. The maximum Gasteiger partial charge on any atom is 0.407 e. The Morgan fingerprint density at radius 2 is 2.00 bits per heavy atom. The van der Waals surface area contributed by atoms with Crippen molar-refractivity contribution in [3.8, 4) is 0 Å². The molecule has 0 bridgehead atoms. The SMILES string of the molecule is COC1(c2ccccc2Cl)CCN(C(=O)O)CC1. The first kappa shape index (κ1) is 13.2. The van der Waals surface area contributed by atoms with Gasteiger partial charge in [0, 0.05) is 30.8 Å². The van der Waals surface area contributed by atoms with E-state index in [1.165, 1.54) is 4.90 Å². The lowest BCUT2D eigenvalue weighted by Crippen LogP contribution is -2.45. The van der Waals surface area contributed by atoms with Crippen molar-refractivity contribution in [2.75, 3.05) is 20.2 Å². The fourth-order valence-corrected chi connectivity index (χ4v) is 2.78. The van der Waals surface area contributed by atoms with Crippen LogP contribution in [0.5, 0.6) is 0 Å². The lowest BCUT2D eigenvalue weighted by atomic mass is 9.84. The van der Waals surface area contributed by atoms with Gasteiger partial charge in [-0.15, -0.1) is 0 Å². The number of methoxy groups -OCH3 is 1. The monoisotopic (exact) mass is 269 g/mol. The standard InChI is InChI=1S/C13H16ClNO3/c1-18-13(10-4-2-3-5-11(10)14)6-8-15(9-7-13)12(16)17/h2-5H,6-9H2,1H3,(H,16,17). The Morgan fingerprint density at radius 1 is 1.39 bits per heavy atom. The van der Waals surface area contributed by atoms with Crippen LogP contribution in [0.4, 0.5) is 4.79 Å². The second-order valence-electron chi connectivity index (χ2n) is 4.45. The van der Waals surface area contributed by atoms with E-state index in [2.05, 4.69) is 0 Å². The Kier molecular flexibility index (Phi) is 3.78. The summed E-state index contributed by atoms with van der Waals surface area (Å²) in [6, 6.07) is 7.58. The molecule has 1 aromatic carbocycles. The third kappa shape index (κ3) is 2.31. The van der Waals surface area contributed by atoms with E-state index in [1.807, 2.05) is 24.3 Å². The predicted molar refractivity (Wildman–Crippen MR) is 69.0 cm³/mol. The number of rotatable bonds is 2. The van der Waals surface area contributed by atoms with Gasteiger partial charge in [-0.25, -0.2) is 4.79 Å². The fraction of sp³-hybridized carbons (Fsp3) is 0.462. The smallest absolute Gasteiger partial charge is 0.407 e. The van der Waals surface area contributed by atoms with E-state index in [1.54, 1.807) is 7.11 Å². The molecule has 5 heteroatoms. The van der Waals surface area contributed by atoms with Crippen molar-refractivity contribution in [2.24, 2.45) is 0 Å². The highest BCUT2D eigenvalue weighted by molar-refractivity contribution is 6.31.